The van der Waals surface area contributed by atoms with Crippen molar-refractivity contribution >= 4 is 5.91 Å². The van der Waals surface area contributed by atoms with Gasteiger partial charge in [-0.1, -0.05) is 43.2 Å². The Morgan fingerprint density at radius 3 is 2.28 bits per heavy atom. The molecule has 1 amide bonds. The molecule has 3 fully saturated rings. The molecule has 0 radical (unpaired) electrons. The molecule has 1 aliphatic carbocycles. The zero-order valence-electron chi connectivity index (χ0n) is 18.2. The topological polar surface area (TPSA) is 38.8 Å². The van der Waals surface area contributed by atoms with Gasteiger partial charge in [0.1, 0.15) is 11.9 Å². The van der Waals surface area contributed by atoms with E-state index in [0.29, 0.717) is 57.4 Å². The average molecular weight is 442 g/mol. The number of benzene rings is 2. The van der Waals surface area contributed by atoms with Gasteiger partial charge in [-0.05, 0) is 43.9 Å². The first-order chi connectivity index (χ1) is 15.5. The Bertz CT molecular complexity index is 981. The summed E-state index contributed by atoms with van der Waals surface area (Å²) in [6, 6.07) is 13.1. The van der Waals surface area contributed by atoms with Crippen molar-refractivity contribution < 1.29 is 23.0 Å². The number of amides is 1. The summed E-state index contributed by atoms with van der Waals surface area (Å²) in [4.78, 5) is 15.6. The molecule has 1 atom stereocenters. The maximum atomic E-state index is 14.7. The summed E-state index contributed by atoms with van der Waals surface area (Å²) in [5.74, 6) is -0.363. The number of ether oxygens (including phenoxy) is 2. The maximum Gasteiger partial charge on any atom is 0.233 e. The van der Waals surface area contributed by atoms with Crippen LogP contribution in [0.5, 0.6) is 5.75 Å². The molecule has 0 N–H and O–H groups in total. The van der Waals surface area contributed by atoms with Gasteiger partial charge in [0.2, 0.25) is 5.91 Å². The Hall–Kier alpha value is -2.47. The first-order valence-electron chi connectivity index (χ1n) is 11.6. The van der Waals surface area contributed by atoms with Gasteiger partial charge in [0.05, 0.1) is 17.6 Å². The fourth-order valence-electron chi connectivity index (χ4n) is 5.79. The highest BCUT2D eigenvalue weighted by atomic mass is 19.1. The number of hydrogen-bond acceptors (Lipinski definition) is 3. The van der Waals surface area contributed by atoms with Gasteiger partial charge >= 0.3 is 0 Å². The molecule has 3 aliphatic rings. The van der Waals surface area contributed by atoms with E-state index in [1.807, 2.05) is 11.0 Å². The second-order valence-electron chi connectivity index (χ2n) is 9.43. The van der Waals surface area contributed by atoms with Crippen LogP contribution in [-0.2, 0) is 14.9 Å². The van der Waals surface area contributed by atoms with E-state index >= 15 is 0 Å². The highest BCUT2D eigenvalue weighted by Gasteiger charge is 2.50. The fraction of sp³-hybridized carbons (Fsp3) is 0.500. The molecule has 32 heavy (non-hydrogen) atoms. The highest BCUT2D eigenvalue weighted by Crippen LogP contribution is 2.45. The number of likely N-dealkylation sites (tertiary alicyclic amines) is 1. The molecule has 2 aromatic carbocycles. The molecular weight excluding hydrogens is 412 g/mol. The molecule has 2 aliphatic heterocycles. The van der Waals surface area contributed by atoms with Crippen LogP contribution in [0.3, 0.4) is 0 Å². The van der Waals surface area contributed by atoms with Crippen LogP contribution in [0.15, 0.2) is 48.5 Å². The predicted octanol–water partition coefficient (Wildman–Crippen LogP) is 5.01. The van der Waals surface area contributed by atoms with E-state index in [2.05, 4.69) is 0 Å². The van der Waals surface area contributed by atoms with Gasteiger partial charge in [-0.2, -0.15) is 0 Å². The number of nitrogens with zero attached hydrogens (tertiary/aromatic N) is 1. The molecule has 0 unspecified atom stereocenters. The normalized spacial score (nSPS) is 24.1. The van der Waals surface area contributed by atoms with Crippen LogP contribution in [0.25, 0.3) is 0 Å². The minimum Gasteiger partial charge on any atom is -0.485 e. The zero-order chi connectivity index (χ0) is 22.2. The number of hydrogen-bond donors (Lipinski definition) is 0. The number of carbonyl (C=O) groups excluding carboxylic acids is 1. The highest BCUT2D eigenvalue weighted by molar-refractivity contribution is 5.89. The fourth-order valence-corrected chi connectivity index (χ4v) is 5.79. The summed E-state index contributed by atoms with van der Waals surface area (Å²) in [7, 11) is 0. The SMILES string of the molecule is O=C(N1CCC2(CC1)C[C@@H](Oc1ccccc1F)CO2)C1(c2ccccc2F)CCCC1. The Morgan fingerprint density at radius 2 is 1.59 bits per heavy atom. The average Bonchev–Trinajstić information content (AvgIpc) is 3.44. The lowest BCUT2D eigenvalue weighted by Crippen LogP contribution is -2.52. The van der Waals surface area contributed by atoms with Crippen molar-refractivity contribution in [1.82, 2.24) is 4.90 Å². The molecule has 0 bridgehead atoms. The Kier molecular flexibility index (Phi) is 5.66. The molecule has 1 saturated carbocycles. The molecule has 2 aromatic rings. The molecule has 6 heteroatoms. The van der Waals surface area contributed by atoms with Gasteiger partial charge in [0.15, 0.2) is 11.6 Å². The van der Waals surface area contributed by atoms with E-state index in [1.54, 1.807) is 30.3 Å². The van der Waals surface area contributed by atoms with Gasteiger partial charge in [0.25, 0.3) is 0 Å². The molecule has 5 rings (SSSR count). The molecule has 0 aromatic heterocycles. The van der Waals surface area contributed by atoms with Gasteiger partial charge in [-0.3, -0.25) is 4.79 Å². The van der Waals surface area contributed by atoms with Crippen LogP contribution >= 0.6 is 0 Å². The van der Waals surface area contributed by atoms with E-state index < -0.39 is 5.41 Å². The first-order valence-corrected chi connectivity index (χ1v) is 11.6. The van der Waals surface area contributed by atoms with Crippen molar-refractivity contribution in [2.75, 3.05) is 19.7 Å². The minimum absolute atomic E-state index is 0.0482. The van der Waals surface area contributed by atoms with Gasteiger partial charge in [-0.15, -0.1) is 0 Å². The number of rotatable bonds is 4. The van der Waals surface area contributed by atoms with Crippen molar-refractivity contribution in [2.24, 2.45) is 0 Å². The molecule has 4 nitrogen and oxygen atoms in total. The van der Waals surface area contributed by atoms with Crippen LogP contribution in [0.2, 0.25) is 0 Å². The van der Waals surface area contributed by atoms with Gasteiger partial charge < -0.3 is 14.4 Å². The number of para-hydroxylation sites is 1. The van der Waals surface area contributed by atoms with E-state index in [1.165, 1.54) is 12.1 Å². The molecule has 170 valence electrons. The van der Waals surface area contributed by atoms with E-state index in [0.717, 1.165) is 12.8 Å². The summed E-state index contributed by atoms with van der Waals surface area (Å²) < 4.78 is 40.6. The Balaban J connectivity index is 1.25. The van der Waals surface area contributed by atoms with E-state index in [-0.39, 0.29) is 35.0 Å². The lowest BCUT2D eigenvalue weighted by molar-refractivity contribution is -0.142. The van der Waals surface area contributed by atoms with Crippen molar-refractivity contribution in [2.45, 2.75) is 62.1 Å². The van der Waals surface area contributed by atoms with Crippen LogP contribution in [0, 0.1) is 11.6 Å². The van der Waals surface area contributed by atoms with E-state index in [9.17, 15) is 13.6 Å². The molecule has 1 spiro atoms. The Labute approximate surface area is 187 Å². The largest absolute Gasteiger partial charge is 0.485 e. The van der Waals surface area contributed by atoms with Crippen LogP contribution < -0.4 is 4.74 Å². The predicted molar refractivity (Wildman–Crippen MR) is 116 cm³/mol. The quantitative estimate of drug-likeness (QED) is 0.670. The number of halogens is 2. The van der Waals surface area contributed by atoms with Crippen LogP contribution in [-0.4, -0.2) is 42.2 Å². The Morgan fingerprint density at radius 1 is 0.938 bits per heavy atom. The zero-order valence-corrected chi connectivity index (χ0v) is 18.2. The first kappa shape index (κ1) is 21.4. The third-order valence-corrected chi connectivity index (χ3v) is 7.52. The minimum atomic E-state index is -0.747. The standard InChI is InChI=1S/C26H29F2NO3/c27-21-8-2-1-7-20(21)26(11-5-6-12-26)24(30)29-15-13-25(14-16-29)17-19(18-31-25)32-23-10-4-3-9-22(23)28/h1-4,7-10,19H,5-6,11-18H2/t19-/m1/s1. The number of piperidine rings is 1. The monoisotopic (exact) mass is 441 g/mol. The maximum absolute atomic E-state index is 14.7. The second kappa shape index (κ2) is 8.47. The third-order valence-electron chi connectivity index (χ3n) is 7.52. The van der Waals surface area contributed by atoms with Crippen molar-refractivity contribution in [1.29, 1.82) is 0 Å². The van der Waals surface area contributed by atoms with Crippen molar-refractivity contribution in [3.8, 4) is 5.75 Å². The summed E-state index contributed by atoms with van der Waals surface area (Å²) >= 11 is 0. The summed E-state index contributed by atoms with van der Waals surface area (Å²) in [5.41, 5.74) is -0.547. The molecular formula is C26H29F2NO3. The van der Waals surface area contributed by atoms with Crippen molar-refractivity contribution in [3.63, 3.8) is 0 Å². The van der Waals surface area contributed by atoms with Gasteiger partial charge in [0, 0.05) is 25.1 Å². The lowest BCUT2D eigenvalue weighted by atomic mass is 9.76. The second-order valence-corrected chi connectivity index (χ2v) is 9.43. The van der Waals surface area contributed by atoms with Crippen LogP contribution in [0.4, 0.5) is 8.78 Å². The van der Waals surface area contributed by atoms with E-state index in [4.69, 9.17) is 9.47 Å². The third kappa shape index (κ3) is 3.79. The summed E-state index contributed by atoms with van der Waals surface area (Å²) in [6.07, 6.45) is 5.18. The van der Waals surface area contributed by atoms with Gasteiger partial charge in [-0.25, -0.2) is 8.78 Å². The summed E-state index contributed by atoms with van der Waals surface area (Å²) in [5, 5.41) is 0. The van der Waals surface area contributed by atoms with Crippen molar-refractivity contribution in [3.05, 3.63) is 65.7 Å². The molecule has 2 heterocycles. The molecule has 2 saturated heterocycles. The lowest BCUT2D eigenvalue weighted by Gasteiger charge is -2.42. The van der Waals surface area contributed by atoms with Crippen LogP contribution in [0.1, 0.15) is 50.5 Å². The summed E-state index contributed by atoms with van der Waals surface area (Å²) in [6.45, 7) is 1.59. The smallest absolute Gasteiger partial charge is 0.233 e. The number of carbonyl (C=O) groups is 1.